The van der Waals surface area contributed by atoms with Gasteiger partial charge in [-0.1, -0.05) is 11.6 Å². The Morgan fingerprint density at radius 1 is 1.62 bits per heavy atom. The third-order valence-corrected chi connectivity index (χ3v) is 3.06. The van der Waals surface area contributed by atoms with Crippen molar-refractivity contribution >= 4 is 28.5 Å². The molecule has 0 saturated heterocycles. The molecule has 2 N–H and O–H groups in total. The average Bonchev–Trinajstić information content (AvgIpc) is 2.46. The molecule has 0 aliphatic carbocycles. The van der Waals surface area contributed by atoms with Crippen molar-refractivity contribution in [3.63, 3.8) is 0 Å². The first kappa shape index (κ1) is 14.8. The molecule has 108 valence electrons. The maximum absolute atomic E-state index is 14.1. The number of pyridine rings is 1. The highest BCUT2D eigenvalue weighted by Crippen LogP contribution is 2.31. The third-order valence-electron chi connectivity index (χ3n) is 2.78. The molecule has 9 heteroatoms. The molecule has 2 rings (SSSR count). The second-order valence-electron chi connectivity index (χ2n) is 3.97. The molecule has 0 atom stereocenters. The quantitative estimate of drug-likeness (QED) is 0.668. The van der Waals surface area contributed by atoms with E-state index in [0.29, 0.717) is 5.39 Å². The Bertz CT molecular complexity index is 790. The smallest absolute Gasteiger partial charge is 0.341 e. The third kappa shape index (κ3) is 2.67. The van der Waals surface area contributed by atoms with E-state index in [9.17, 15) is 9.18 Å². The zero-order valence-electron chi connectivity index (χ0n) is 10.7. The normalized spacial score (nSPS) is 10.2. The highest BCUT2D eigenvalue weighted by atomic mass is 35.5. The van der Waals surface area contributed by atoms with E-state index in [2.05, 4.69) is 15.0 Å². The minimum atomic E-state index is -1.23. The number of aromatic nitrogens is 1. The average molecular weight is 312 g/mol. The molecule has 0 spiro atoms. The van der Waals surface area contributed by atoms with Gasteiger partial charge >= 0.3 is 5.97 Å². The second kappa shape index (κ2) is 5.82. The van der Waals surface area contributed by atoms with Gasteiger partial charge in [-0.25, -0.2) is 14.2 Å². The SMILES string of the molecule is COc1nc2c(CN=[N+]=N)c(F)c(Cl)cc2cc1C(=O)O. The topological polar surface area (TPSA) is 110 Å². The van der Waals surface area contributed by atoms with E-state index in [1.807, 2.05) is 0 Å². The molecule has 21 heavy (non-hydrogen) atoms. The first-order valence-corrected chi connectivity index (χ1v) is 5.99. The Morgan fingerprint density at radius 2 is 2.33 bits per heavy atom. The number of hydrogen-bond donors (Lipinski definition) is 2. The van der Waals surface area contributed by atoms with Gasteiger partial charge in [-0.2, -0.15) is 0 Å². The van der Waals surface area contributed by atoms with Gasteiger partial charge in [0.15, 0.2) is 6.54 Å². The fraction of sp³-hybridized carbons (Fsp3) is 0.167. The summed E-state index contributed by atoms with van der Waals surface area (Å²) in [5.74, 6) is -2.12. The zero-order chi connectivity index (χ0) is 15.6. The number of ether oxygens (including phenoxy) is 1. The Kier molecular flexibility index (Phi) is 4.11. The Labute approximate surface area is 122 Å². The van der Waals surface area contributed by atoms with Crippen LogP contribution in [0.4, 0.5) is 4.39 Å². The number of carboxylic acids is 1. The van der Waals surface area contributed by atoms with Crippen LogP contribution in [-0.4, -0.2) is 23.2 Å². The van der Waals surface area contributed by atoms with Crippen LogP contribution in [0.3, 0.4) is 0 Å². The number of fused-ring (bicyclic) bond motifs is 1. The number of benzene rings is 1. The molecule has 0 amide bonds. The highest BCUT2D eigenvalue weighted by molar-refractivity contribution is 6.31. The lowest BCUT2D eigenvalue weighted by Gasteiger charge is -2.09. The highest BCUT2D eigenvalue weighted by Gasteiger charge is 2.20. The van der Waals surface area contributed by atoms with Crippen molar-refractivity contribution in [2.75, 3.05) is 7.11 Å². The van der Waals surface area contributed by atoms with Crippen LogP contribution in [0.25, 0.3) is 10.9 Å². The van der Waals surface area contributed by atoms with Crippen LogP contribution in [0.2, 0.25) is 5.02 Å². The summed E-state index contributed by atoms with van der Waals surface area (Å²) in [6.07, 6.45) is 0. The fourth-order valence-corrected chi connectivity index (χ4v) is 2.10. The van der Waals surface area contributed by atoms with Crippen molar-refractivity contribution < 1.29 is 19.0 Å². The lowest BCUT2D eigenvalue weighted by Crippen LogP contribution is -2.04. The number of carbonyl (C=O) groups is 1. The first-order valence-electron chi connectivity index (χ1n) is 5.61. The maximum atomic E-state index is 14.1. The lowest BCUT2D eigenvalue weighted by molar-refractivity contribution is 0.0692. The molecule has 0 bridgehead atoms. The van der Waals surface area contributed by atoms with Crippen molar-refractivity contribution in [3.05, 3.63) is 34.1 Å². The van der Waals surface area contributed by atoms with E-state index in [-0.39, 0.29) is 34.1 Å². The monoisotopic (exact) mass is 311 g/mol. The summed E-state index contributed by atoms with van der Waals surface area (Å²) in [7, 11) is 1.26. The minimum Gasteiger partial charge on any atom is -0.480 e. The molecule has 0 saturated carbocycles. The maximum Gasteiger partial charge on any atom is 0.341 e. The van der Waals surface area contributed by atoms with Gasteiger partial charge in [0.1, 0.15) is 22.0 Å². The summed E-state index contributed by atoms with van der Waals surface area (Å²) in [6, 6.07) is 2.56. The van der Waals surface area contributed by atoms with Crippen molar-refractivity contribution in [2.45, 2.75) is 6.54 Å². The summed E-state index contributed by atoms with van der Waals surface area (Å²) < 4.78 is 19.0. The van der Waals surface area contributed by atoms with E-state index in [1.54, 1.807) is 0 Å². The van der Waals surface area contributed by atoms with Gasteiger partial charge in [0, 0.05) is 10.9 Å². The van der Waals surface area contributed by atoms with Gasteiger partial charge < -0.3 is 9.84 Å². The van der Waals surface area contributed by atoms with Gasteiger partial charge in [0.05, 0.1) is 17.6 Å². The van der Waals surface area contributed by atoms with Gasteiger partial charge in [-0.3, -0.25) is 0 Å². The molecule has 0 aliphatic heterocycles. The van der Waals surface area contributed by atoms with E-state index < -0.39 is 11.8 Å². The molecule has 2 aromatic rings. The van der Waals surface area contributed by atoms with Crippen LogP contribution in [-0.2, 0) is 6.54 Å². The summed E-state index contributed by atoms with van der Waals surface area (Å²) >= 11 is 5.78. The number of hydrogen-bond acceptors (Lipinski definition) is 5. The van der Waals surface area contributed by atoms with Crippen molar-refractivity contribution in [2.24, 2.45) is 5.11 Å². The zero-order valence-corrected chi connectivity index (χ0v) is 11.5. The molecular weight excluding hydrogens is 303 g/mol. The van der Waals surface area contributed by atoms with E-state index in [4.69, 9.17) is 27.0 Å². The van der Waals surface area contributed by atoms with E-state index in [0.717, 1.165) is 0 Å². The number of aromatic carboxylic acids is 1. The van der Waals surface area contributed by atoms with Crippen LogP contribution in [0.1, 0.15) is 15.9 Å². The van der Waals surface area contributed by atoms with Crippen molar-refractivity contribution in [1.29, 1.82) is 5.53 Å². The molecule has 7 nitrogen and oxygen atoms in total. The number of carboxylic acid groups (broad SMARTS) is 1. The molecule has 0 radical (unpaired) electrons. The number of halogens is 2. The largest absolute Gasteiger partial charge is 0.480 e. The minimum absolute atomic E-state index is 0.0174. The molecule has 1 aromatic heterocycles. The molecule has 1 heterocycles. The van der Waals surface area contributed by atoms with Crippen LogP contribution >= 0.6 is 11.6 Å². The van der Waals surface area contributed by atoms with Gasteiger partial charge in [-0.15, -0.1) is 0 Å². The van der Waals surface area contributed by atoms with Gasteiger partial charge in [0.2, 0.25) is 10.8 Å². The predicted molar refractivity (Wildman–Crippen MR) is 71.2 cm³/mol. The van der Waals surface area contributed by atoms with Crippen LogP contribution in [0.15, 0.2) is 17.2 Å². The van der Waals surface area contributed by atoms with E-state index in [1.165, 1.54) is 19.2 Å². The summed E-state index contributed by atoms with van der Waals surface area (Å²) in [5.41, 5.74) is 6.64. The van der Waals surface area contributed by atoms with Crippen LogP contribution in [0.5, 0.6) is 5.88 Å². The molecule has 0 aliphatic rings. The van der Waals surface area contributed by atoms with Crippen LogP contribution in [0, 0.1) is 11.3 Å². The number of nitrogens with one attached hydrogen (secondary N) is 1. The Hall–Kier alpha value is -2.57. The summed E-state index contributed by atoms with van der Waals surface area (Å²) in [4.78, 5) is 18.0. The standard InChI is InChI=1S/C12H8ClFN4O3/c1-21-11-6(12(19)20)2-5-3-8(13)9(14)7(4-16-18-15)10(5)17-11/h2-3,15H,4H2,1H3/p+1. The van der Waals surface area contributed by atoms with Gasteiger partial charge in [0.25, 0.3) is 0 Å². The summed E-state index contributed by atoms with van der Waals surface area (Å²) in [5, 5.41) is 12.6. The number of nitrogens with zero attached hydrogens (tertiary/aromatic N) is 3. The number of rotatable bonds is 4. The fourth-order valence-electron chi connectivity index (χ4n) is 1.87. The molecule has 0 fully saturated rings. The van der Waals surface area contributed by atoms with Crippen LogP contribution < -0.4 is 9.65 Å². The van der Waals surface area contributed by atoms with Crippen molar-refractivity contribution in [3.8, 4) is 5.88 Å². The molecular formula is C12H9ClFN4O3+. The first-order chi connectivity index (χ1) is 9.99. The predicted octanol–water partition coefficient (Wildman–Crippen LogP) is 2.78. The second-order valence-corrected chi connectivity index (χ2v) is 4.38. The number of methoxy groups -OCH3 is 1. The van der Waals surface area contributed by atoms with Crippen molar-refractivity contribution in [1.82, 2.24) is 9.90 Å². The van der Waals surface area contributed by atoms with E-state index >= 15 is 0 Å². The molecule has 1 aromatic carbocycles. The van der Waals surface area contributed by atoms with Gasteiger partial charge in [-0.05, 0) is 12.1 Å². The molecule has 0 unspecified atom stereocenters. The Morgan fingerprint density at radius 3 is 2.90 bits per heavy atom. The lowest BCUT2D eigenvalue weighted by atomic mass is 10.1. The summed E-state index contributed by atoms with van der Waals surface area (Å²) in [6.45, 7) is -0.241. The Balaban J connectivity index is 2.85.